The van der Waals surface area contributed by atoms with Gasteiger partial charge in [0.15, 0.2) is 15.2 Å². The second-order valence-electron chi connectivity index (χ2n) is 4.52. The Hall–Kier alpha value is -0.460. The average Bonchev–Trinajstić information content (AvgIpc) is 2.64. The first-order valence-corrected chi connectivity index (χ1v) is 7.64. The van der Waals surface area contributed by atoms with E-state index in [1.165, 1.54) is 18.4 Å². The molecule has 0 saturated heterocycles. The molecule has 0 radical (unpaired) electrons. The van der Waals surface area contributed by atoms with Gasteiger partial charge >= 0.3 is 5.97 Å². The van der Waals surface area contributed by atoms with Crippen molar-refractivity contribution in [3.8, 4) is 0 Å². The fourth-order valence-corrected chi connectivity index (χ4v) is 3.06. The van der Waals surface area contributed by atoms with Crippen LogP contribution in [0.1, 0.15) is 30.4 Å². The van der Waals surface area contributed by atoms with E-state index in [0.717, 1.165) is 12.3 Å². The molecule has 1 N–H and O–H groups in total. The molecule has 0 bridgehead atoms. The summed E-state index contributed by atoms with van der Waals surface area (Å²) in [6, 6.07) is 0. The first-order chi connectivity index (χ1) is 8.33. The molecule has 4 nitrogen and oxygen atoms in total. The number of esters is 1. The van der Waals surface area contributed by atoms with Crippen LogP contribution in [0.25, 0.3) is 0 Å². The number of carbonyl (C=O) groups is 1. The molecule has 0 aliphatic rings. The van der Waals surface area contributed by atoms with Crippen LogP contribution >= 0.6 is 34.7 Å². The smallest absolute Gasteiger partial charge is 0.351 e. The van der Waals surface area contributed by atoms with E-state index in [4.69, 9.17) is 11.6 Å². The Morgan fingerprint density at radius 2 is 2.22 bits per heavy atom. The van der Waals surface area contributed by atoms with E-state index in [1.807, 2.05) is 11.8 Å². The number of thioether (sulfide) groups is 1. The minimum atomic E-state index is -0.449. The number of nitrogens with one attached hydrogen (secondary N) is 1. The molecular formula is C11H17ClN2O2S2. The van der Waals surface area contributed by atoms with Crippen LogP contribution < -0.4 is 5.32 Å². The minimum Gasteiger partial charge on any atom is -0.465 e. The summed E-state index contributed by atoms with van der Waals surface area (Å²) < 4.78 is 4.87. The predicted octanol–water partition coefficient (Wildman–Crippen LogP) is 3.53. The second-order valence-corrected chi connectivity index (χ2v) is 7.80. The van der Waals surface area contributed by atoms with Crippen LogP contribution in [-0.4, -0.2) is 35.1 Å². The topological polar surface area (TPSA) is 51.2 Å². The SMILES string of the molecule is COC(=O)c1sc(NCCSC(C)(C)C)nc1Cl. The van der Waals surface area contributed by atoms with Crippen LogP contribution in [0.2, 0.25) is 5.15 Å². The van der Waals surface area contributed by atoms with Gasteiger partial charge in [0.1, 0.15) is 0 Å². The molecule has 0 aliphatic carbocycles. The van der Waals surface area contributed by atoms with Crippen LogP contribution in [0.15, 0.2) is 0 Å². The first-order valence-electron chi connectivity index (χ1n) is 5.46. The number of hydrogen-bond acceptors (Lipinski definition) is 6. The van der Waals surface area contributed by atoms with E-state index < -0.39 is 5.97 Å². The van der Waals surface area contributed by atoms with Crippen molar-refractivity contribution in [3.63, 3.8) is 0 Å². The summed E-state index contributed by atoms with van der Waals surface area (Å²) in [4.78, 5) is 15.8. The highest BCUT2D eigenvalue weighted by Gasteiger charge is 2.17. The lowest BCUT2D eigenvalue weighted by molar-refractivity contribution is 0.0606. The summed E-state index contributed by atoms with van der Waals surface area (Å²) in [5, 5.41) is 3.99. The lowest BCUT2D eigenvalue weighted by Gasteiger charge is -2.17. The van der Waals surface area contributed by atoms with Gasteiger partial charge in [-0.15, -0.1) is 0 Å². The Bertz CT molecular complexity index is 416. The lowest BCUT2D eigenvalue weighted by atomic mass is 10.3. The summed E-state index contributed by atoms with van der Waals surface area (Å²) in [5.41, 5.74) is 0. The van der Waals surface area contributed by atoms with E-state index in [9.17, 15) is 4.79 Å². The number of thiazole rings is 1. The molecule has 0 atom stereocenters. The molecule has 0 fully saturated rings. The highest BCUT2D eigenvalue weighted by atomic mass is 35.5. The maximum Gasteiger partial charge on any atom is 0.351 e. The highest BCUT2D eigenvalue weighted by molar-refractivity contribution is 8.00. The van der Waals surface area contributed by atoms with Gasteiger partial charge in [0, 0.05) is 17.0 Å². The molecule has 102 valence electrons. The molecule has 1 rings (SSSR count). The molecule has 7 heteroatoms. The van der Waals surface area contributed by atoms with E-state index in [1.54, 1.807) is 0 Å². The molecule has 1 aromatic rings. The molecule has 0 spiro atoms. The number of nitrogens with zero attached hydrogens (tertiary/aromatic N) is 1. The molecular weight excluding hydrogens is 292 g/mol. The van der Waals surface area contributed by atoms with Crippen LogP contribution in [0.5, 0.6) is 0 Å². The number of aromatic nitrogens is 1. The molecule has 0 unspecified atom stereocenters. The number of methoxy groups -OCH3 is 1. The largest absolute Gasteiger partial charge is 0.465 e. The number of hydrogen-bond donors (Lipinski definition) is 1. The summed E-state index contributed by atoms with van der Waals surface area (Å²) in [6.07, 6.45) is 0. The zero-order valence-electron chi connectivity index (χ0n) is 10.9. The van der Waals surface area contributed by atoms with Gasteiger partial charge in [-0.1, -0.05) is 43.7 Å². The van der Waals surface area contributed by atoms with Crippen molar-refractivity contribution in [2.45, 2.75) is 25.5 Å². The molecule has 0 aliphatic heterocycles. The monoisotopic (exact) mass is 308 g/mol. The van der Waals surface area contributed by atoms with Gasteiger partial charge in [0.2, 0.25) is 0 Å². The molecule has 1 heterocycles. The van der Waals surface area contributed by atoms with Crippen molar-refractivity contribution in [2.24, 2.45) is 0 Å². The Labute approximate surface area is 120 Å². The third-order valence-corrected chi connectivity index (χ3v) is 4.52. The van der Waals surface area contributed by atoms with E-state index in [0.29, 0.717) is 10.0 Å². The van der Waals surface area contributed by atoms with Crippen molar-refractivity contribution in [3.05, 3.63) is 10.0 Å². The van der Waals surface area contributed by atoms with E-state index >= 15 is 0 Å². The Morgan fingerprint density at radius 3 is 2.78 bits per heavy atom. The zero-order valence-corrected chi connectivity index (χ0v) is 13.3. The third-order valence-electron chi connectivity index (χ3n) is 1.87. The molecule has 18 heavy (non-hydrogen) atoms. The normalized spacial score (nSPS) is 11.4. The minimum absolute atomic E-state index is 0.192. The number of carbonyl (C=O) groups excluding carboxylic acids is 1. The summed E-state index contributed by atoms with van der Waals surface area (Å²) in [6.45, 7) is 7.31. The van der Waals surface area contributed by atoms with Crippen LogP contribution in [-0.2, 0) is 4.74 Å². The first kappa shape index (κ1) is 15.6. The summed E-state index contributed by atoms with van der Waals surface area (Å²) in [7, 11) is 1.32. The third kappa shape index (κ3) is 5.04. The molecule has 0 saturated carbocycles. The zero-order chi connectivity index (χ0) is 13.8. The van der Waals surface area contributed by atoms with Gasteiger partial charge in [-0.3, -0.25) is 0 Å². The van der Waals surface area contributed by atoms with Crippen molar-refractivity contribution in [1.29, 1.82) is 0 Å². The van der Waals surface area contributed by atoms with Crippen molar-refractivity contribution in [1.82, 2.24) is 4.98 Å². The second kappa shape index (κ2) is 6.63. The molecule has 0 amide bonds. The fourth-order valence-electron chi connectivity index (χ4n) is 1.11. The van der Waals surface area contributed by atoms with Gasteiger partial charge in [-0.25, -0.2) is 9.78 Å². The highest BCUT2D eigenvalue weighted by Crippen LogP contribution is 2.28. The van der Waals surface area contributed by atoms with E-state index in [2.05, 4.69) is 35.8 Å². The predicted molar refractivity (Wildman–Crippen MR) is 79.2 cm³/mol. The van der Waals surface area contributed by atoms with Gasteiger partial charge < -0.3 is 10.1 Å². The number of anilines is 1. The quantitative estimate of drug-likeness (QED) is 0.666. The number of rotatable bonds is 5. The van der Waals surface area contributed by atoms with Crippen LogP contribution in [0.4, 0.5) is 5.13 Å². The maximum absolute atomic E-state index is 11.3. The van der Waals surface area contributed by atoms with Gasteiger partial charge in [0.25, 0.3) is 0 Å². The Balaban J connectivity index is 2.47. The average molecular weight is 309 g/mol. The number of halogens is 1. The van der Waals surface area contributed by atoms with Crippen molar-refractivity contribution < 1.29 is 9.53 Å². The number of ether oxygens (including phenoxy) is 1. The van der Waals surface area contributed by atoms with Crippen molar-refractivity contribution in [2.75, 3.05) is 24.7 Å². The van der Waals surface area contributed by atoms with Crippen molar-refractivity contribution >= 4 is 45.8 Å². The molecule has 0 aromatic carbocycles. The Morgan fingerprint density at radius 1 is 1.56 bits per heavy atom. The summed E-state index contributed by atoms with van der Waals surface area (Å²) >= 11 is 8.93. The van der Waals surface area contributed by atoms with Gasteiger partial charge in [0.05, 0.1) is 7.11 Å². The lowest BCUT2D eigenvalue weighted by Crippen LogP contribution is -2.12. The molecule has 1 aromatic heterocycles. The van der Waals surface area contributed by atoms with Gasteiger partial charge in [-0.05, 0) is 0 Å². The maximum atomic E-state index is 11.3. The standard InChI is InChI=1S/C11H17ClN2O2S2/c1-11(2,3)17-6-5-13-10-14-8(12)7(18-10)9(15)16-4/h5-6H2,1-4H3,(H,13,14). The summed E-state index contributed by atoms with van der Waals surface area (Å²) in [5.74, 6) is 0.517. The van der Waals surface area contributed by atoms with Gasteiger partial charge in [-0.2, -0.15) is 11.8 Å². The van der Waals surface area contributed by atoms with Crippen LogP contribution in [0, 0.1) is 0 Å². The van der Waals surface area contributed by atoms with E-state index in [-0.39, 0.29) is 9.90 Å². The van der Waals surface area contributed by atoms with Crippen LogP contribution in [0.3, 0.4) is 0 Å². The Kier molecular flexibility index (Phi) is 5.75. The fraction of sp³-hybridized carbons (Fsp3) is 0.636.